The molecule has 1 fully saturated rings. The molecule has 2 aromatic carbocycles. The van der Waals surface area contributed by atoms with Crippen LogP contribution in [0.25, 0.3) is 22.1 Å². The average molecular weight is 290 g/mol. The van der Waals surface area contributed by atoms with Crippen LogP contribution in [0.15, 0.2) is 36.4 Å². The van der Waals surface area contributed by atoms with Crippen LogP contribution in [0, 0.1) is 0 Å². The maximum atomic E-state index is 4.76. The van der Waals surface area contributed by atoms with Crippen molar-refractivity contribution in [3.63, 3.8) is 0 Å². The first-order valence-corrected chi connectivity index (χ1v) is 8.08. The molecule has 4 nitrogen and oxygen atoms in total. The first-order valence-electron chi connectivity index (χ1n) is 8.08. The zero-order valence-corrected chi connectivity index (χ0v) is 12.4. The molecule has 1 aliphatic heterocycles. The lowest BCUT2D eigenvalue weighted by molar-refractivity contribution is 0.367. The van der Waals surface area contributed by atoms with Gasteiger partial charge >= 0.3 is 0 Å². The Hall–Kier alpha value is -2.36. The van der Waals surface area contributed by atoms with Gasteiger partial charge in [-0.25, -0.2) is 9.97 Å². The van der Waals surface area contributed by atoms with Crippen LogP contribution >= 0.6 is 0 Å². The standard InChI is InChI=1S/C18H18N4/c1-4-8-18(9-5-1)21-16-10-14-15(11-17(16)22-18)20-13-7-3-2-6-12(13)19-14/h2-3,6-7,10-11,21-22H,1,4-5,8-9H2. The molecule has 0 unspecified atom stereocenters. The Morgan fingerprint density at radius 3 is 1.82 bits per heavy atom. The van der Waals surface area contributed by atoms with Crippen molar-refractivity contribution in [3.05, 3.63) is 36.4 Å². The second-order valence-electron chi connectivity index (χ2n) is 6.49. The molecule has 2 N–H and O–H groups in total. The van der Waals surface area contributed by atoms with Crippen LogP contribution < -0.4 is 10.6 Å². The second-order valence-corrected chi connectivity index (χ2v) is 6.49. The Labute approximate surface area is 129 Å². The number of fused-ring (bicyclic) bond motifs is 3. The third-order valence-electron chi connectivity index (χ3n) is 4.93. The first-order chi connectivity index (χ1) is 10.8. The Kier molecular flexibility index (Phi) is 2.40. The molecular formula is C18H18N4. The lowest BCUT2D eigenvalue weighted by Crippen LogP contribution is -2.43. The van der Waals surface area contributed by atoms with E-state index in [1.165, 1.54) is 43.5 Å². The summed E-state index contributed by atoms with van der Waals surface area (Å²) in [5.74, 6) is 0. The number of rotatable bonds is 0. The number of hydrogen-bond donors (Lipinski definition) is 2. The molecule has 0 amide bonds. The predicted molar refractivity (Wildman–Crippen MR) is 90.1 cm³/mol. The minimum absolute atomic E-state index is 0.0530. The highest BCUT2D eigenvalue weighted by Gasteiger charge is 2.37. The molecule has 22 heavy (non-hydrogen) atoms. The normalized spacial score (nSPS) is 19.1. The molecule has 0 radical (unpaired) electrons. The fourth-order valence-corrected chi connectivity index (χ4v) is 3.83. The number of hydrogen-bond acceptors (Lipinski definition) is 4. The SMILES string of the molecule is c1ccc2nc3cc4c(cc3nc2c1)NC1(CCCCC1)N4. The monoisotopic (exact) mass is 290 g/mol. The number of nitrogens with one attached hydrogen (secondary N) is 2. The second kappa shape index (κ2) is 4.32. The van der Waals surface area contributed by atoms with Gasteiger partial charge in [0.1, 0.15) is 5.66 Å². The fourth-order valence-electron chi connectivity index (χ4n) is 3.83. The molecule has 1 aliphatic carbocycles. The molecule has 0 atom stereocenters. The van der Waals surface area contributed by atoms with E-state index in [4.69, 9.17) is 9.97 Å². The van der Waals surface area contributed by atoms with Crippen LogP contribution in [-0.4, -0.2) is 15.6 Å². The molecule has 2 aliphatic rings. The lowest BCUT2D eigenvalue weighted by Gasteiger charge is -2.34. The van der Waals surface area contributed by atoms with Crippen LogP contribution in [0.3, 0.4) is 0 Å². The van der Waals surface area contributed by atoms with Gasteiger partial charge in [0.25, 0.3) is 0 Å². The van der Waals surface area contributed by atoms with Gasteiger partial charge < -0.3 is 10.6 Å². The highest BCUT2D eigenvalue weighted by Crippen LogP contribution is 2.42. The third kappa shape index (κ3) is 1.76. The summed E-state index contributed by atoms with van der Waals surface area (Å²) in [6.45, 7) is 0. The highest BCUT2D eigenvalue weighted by atomic mass is 15.3. The van der Waals surface area contributed by atoms with Crippen LogP contribution in [0.4, 0.5) is 11.4 Å². The summed E-state index contributed by atoms with van der Waals surface area (Å²) in [5, 5.41) is 7.42. The fraction of sp³-hybridized carbons (Fsp3) is 0.333. The van der Waals surface area contributed by atoms with Gasteiger partial charge in [0.2, 0.25) is 0 Å². The molecule has 3 aromatic rings. The quantitative estimate of drug-likeness (QED) is 0.607. The summed E-state index contributed by atoms with van der Waals surface area (Å²) in [4.78, 5) is 9.52. The number of nitrogens with zero attached hydrogens (tertiary/aromatic N) is 2. The van der Waals surface area contributed by atoms with E-state index in [1.807, 2.05) is 24.3 Å². The smallest absolute Gasteiger partial charge is 0.108 e. The van der Waals surface area contributed by atoms with E-state index in [0.717, 1.165) is 22.1 Å². The largest absolute Gasteiger partial charge is 0.361 e. The van der Waals surface area contributed by atoms with Gasteiger partial charge in [0.05, 0.1) is 33.4 Å². The van der Waals surface area contributed by atoms with E-state index in [2.05, 4.69) is 22.8 Å². The van der Waals surface area contributed by atoms with Crippen molar-refractivity contribution in [2.75, 3.05) is 10.6 Å². The third-order valence-corrected chi connectivity index (χ3v) is 4.93. The van der Waals surface area contributed by atoms with Crippen molar-refractivity contribution in [2.24, 2.45) is 0 Å². The number of aromatic nitrogens is 2. The topological polar surface area (TPSA) is 49.8 Å². The van der Waals surface area contributed by atoms with Gasteiger partial charge in [0, 0.05) is 0 Å². The van der Waals surface area contributed by atoms with Crippen LogP contribution in [0.2, 0.25) is 0 Å². The van der Waals surface area contributed by atoms with Crippen molar-refractivity contribution in [1.29, 1.82) is 0 Å². The Morgan fingerprint density at radius 1 is 0.727 bits per heavy atom. The molecule has 0 bridgehead atoms. The average Bonchev–Trinajstić information content (AvgIpc) is 2.87. The van der Waals surface area contributed by atoms with Gasteiger partial charge in [-0.2, -0.15) is 0 Å². The van der Waals surface area contributed by atoms with Crippen molar-refractivity contribution < 1.29 is 0 Å². The molecule has 1 spiro atoms. The molecule has 1 saturated carbocycles. The van der Waals surface area contributed by atoms with E-state index < -0.39 is 0 Å². The van der Waals surface area contributed by atoms with Crippen LogP contribution in [0.5, 0.6) is 0 Å². The molecule has 5 rings (SSSR count). The molecule has 2 heterocycles. The molecule has 0 saturated heterocycles. The number of benzene rings is 2. The van der Waals surface area contributed by atoms with Gasteiger partial charge in [-0.05, 0) is 49.9 Å². The van der Waals surface area contributed by atoms with E-state index >= 15 is 0 Å². The Morgan fingerprint density at radius 2 is 1.27 bits per heavy atom. The molecule has 110 valence electrons. The van der Waals surface area contributed by atoms with Crippen molar-refractivity contribution in [2.45, 2.75) is 37.8 Å². The van der Waals surface area contributed by atoms with Crippen molar-refractivity contribution in [1.82, 2.24) is 9.97 Å². The minimum Gasteiger partial charge on any atom is -0.361 e. The zero-order chi connectivity index (χ0) is 14.6. The van der Waals surface area contributed by atoms with E-state index in [-0.39, 0.29) is 5.66 Å². The van der Waals surface area contributed by atoms with E-state index in [9.17, 15) is 0 Å². The summed E-state index contributed by atoms with van der Waals surface area (Å²) < 4.78 is 0. The molecular weight excluding hydrogens is 272 g/mol. The highest BCUT2D eigenvalue weighted by molar-refractivity contribution is 5.94. The van der Waals surface area contributed by atoms with Gasteiger partial charge in [0.15, 0.2) is 0 Å². The van der Waals surface area contributed by atoms with Crippen LogP contribution in [-0.2, 0) is 0 Å². The van der Waals surface area contributed by atoms with E-state index in [1.54, 1.807) is 0 Å². The lowest BCUT2D eigenvalue weighted by atomic mass is 9.89. The number of para-hydroxylation sites is 2. The predicted octanol–water partition coefficient (Wildman–Crippen LogP) is 4.28. The summed E-state index contributed by atoms with van der Waals surface area (Å²) in [5.41, 5.74) is 6.20. The maximum absolute atomic E-state index is 4.76. The number of anilines is 2. The molecule has 4 heteroatoms. The Bertz CT molecular complexity index is 815. The minimum atomic E-state index is 0.0530. The van der Waals surface area contributed by atoms with Crippen molar-refractivity contribution in [3.8, 4) is 0 Å². The molecule has 1 aromatic heterocycles. The zero-order valence-electron chi connectivity index (χ0n) is 12.4. The maximum Gasteiger partial charge on any atom is 0.108 e. The van der Waals surface area contributed by atoms with Crippen molar-refractivity contribution >= 4 is 33.4 Å². The van der Waals surface area contributed by atoms with Gasteiger partial charge in [-0.3, -0.25) is 0 Å². The Balaban J connectivity index is 1.65. The summed E-state index contributed by atoms with van der Waals surface area (Å²) in [7, 11) is 0. The summed E-state index contributed by atoms with van der Waals surface area (Å²) in [6, 6.07) is 12.3. The summed E-state index contributed by atoms with van der Waals surface area (Å²) in [6.07, 6.45) is 6.28. The summed E-state index contributed by atoms with van der Waals surface area (Å²) >= 11 is 0. The van der Waals surface area contributed by atoms with Gasteiger partial charge in [-0.1, -0.05) is 18.6 Å². The first kappa shape index (κ1) is 12.2. The van der Waals surface area contributed by atoms with Gasteiger partial charge in [-0.15, -0.1) is 0 Å². The van der Waals surface area contributed by atoms with E-state index in [0.29, 0.717) is 0 Å². The van der Waals surface area contributed by atoms with Crippen LogP contribution in [0.1, 0.15) is 32.1 Å².